The number of nitrogens with zero attached hydrogens (tertiary/aromatic N) is 1. The molecule has 0 aliphatic rings. The van der Waals surface area contributed by atoms with Crippen molar-refractivity contribution in [2.24, 2.45) is 0 Å². The third-order valence-corrected chi connectivity index (χ3v) is 4.29. The Bertz CT molecular complexity index is 745. The van der Waals surface area contributed by atoms with Crippen molar-refractivity contribution in [3.8, 4) is 0 Å². The molecule has 4 nitrogen and oxygen atoms in total. The van der Waals surface area contributed by atoms with E-state index in [1.165, 1.54) is 0 Å². The molecule has 0 saturated heterocycles. The summed E-state index contributed by atoms with van der Waals surface area (Å²) in [5.41, 5.74) is 8.22. The number of aromatic nitrogens is 1. The van der Waals surface area contributed by atoms with Crippen molar-refractivity contribution in [2.75, 3.05) is 5.73 Å². The minimum atomic E-state index is -0.999. The number of carbonyl (C=O) groups is 1. The Labute approximate surface area is 131 Å². The second kappa shape index (κ2) is 5.99. The first-order valence-electron chi connectivity index (χ1n) is 6.76. The monoisotopic (exact) mass is 310 g/mol. The van der Waals surface area contributed by atoms with Crippen LogP contribution in [0.5, 0.6) is 0 Å². The zero-order valence-corrected chi connectivity index (χ0v) is 12.5. The third kappa shape index (κ3) is 2.71. The van der Waals surface area contributed by atoms with Crippen molar-refractivity contribution in [1.82, 2.24) is 4.98 Å². The van der Waals surface area contributed by atoms with Crippen LogP contribution in [-0.2, 0) is 0 Å². The second-order valence-electron chi connectivity index (χ2n) is 4.83. The summed E-state index contributed by atoms with van der Waals surface area (Å²) in [5.74, 6) is -1.25. The summed E-state index contributed by atoms with van der Waals surface area (Å²) in [4.78, 5) is 16.0. The Morgan fingerprint density at radius 3 is 1.95 bits per heavy atom. The van der Waals surface area contributed by atoms with Gasteiger partial charge in [-0.25, -0.2) is 9.78 Å². The van der Waals surface area contributed by atoms with Crippen LogP contribution in [0, 0.1) is 0 Å². The first-order valence-corrected chi connectivity index (χ1v) is 7.58. The highest BCUT2D eigenvalue weighted by molar-refractivity contribution is 7.17. The number of hydrogen-bond acceptors (Lipinski definition) is 4. The molecule has 3 aromatic rings. The van der Waals surface area contributed by atoms with Gasteiger partial charge in [0.1, 0.15) is 4.88 Å². The van der Waals surface area contributed by atoms with Gasteiger partial charge in [0.25, 0.3) is 0 Å². The number of benzene rings is 2. The Kier molecular flexibility index (Phi) is 3.89. The summed E-state index contributed by atoms with van der Waals surface area (Å²) in [5, 5.41) is 9.70. The number of rotatable bonds is 4. The summed E-state index contributed by atoms with van der Waals surface area (Å²) in [6.07, 6.45) is 0. The van der Waals surface area contributed by atoms with Gasteiger partial charge in [-0.1, -0.05) is 72.0 Å². The standard InChI is InChI=1S/C17H14N2O2S/c18-17-19-14(15(22-17)16(20)21)13(11-7-3-1-4-8-11)12-9-5-2-6-10-12/h1-10,13H,(H2,18,19)(H,20,21). The number of nitrogen functional groups attached to an aromatic ring is 1. The topological polar surface area (TPSA) is 76.2 Å². The fourth-order valence-electron chi connectivity index (χ4n) is 2.50. The lowest BCUT2D eigenvalue weighted by molar-refractivity contribution is 0.0700. The van der Waals surface area contributed by atoms with Crippen LogP contribution >= 0.6 is 11.3 Å². The molecule has 0 radical (unpaired) electrons. The van der Waals surface area contributed by atoms with Gasteiger partial charge in [0.2, 0.25) is 0 Å². The Hall–Kier alpha value is -2.66. The summed E-state index contributed by atoms with van der Waals surface area (Å²) in [6.45, 7) is 0. The molecule has 1 heterocycles. The molecule has 1 aromatic heterocycles. The predicted molar refractivity (Wildman–Crippen MR) is 87.3 cm³/mol. The lowest BCUT2D eigenvalue weighted by Crippen LogP contribution is -2.09. The van der Waals surface area contributed by atoms with E-state index in [9.17, 15) is 9.90 Å². The number of hydrogen-bond donors (Lipinski definition) is 2. The number of carboxylic acid groups (broad SMARTS) is 1. The van der Waals surface area contributed by atoms with Crippen molar-refractivity contribution in [3.05, 3.63) is 82.4 Å². The van der Waals surface area contributed by atoms with E-state index >= 15 is 0 Å². The van der Waals surface area contributed by atoms with Crippen LogP contribution in [-0.4, -0.2) is 16.1 Å². The molecule has 2 aromatic carbocycles. The molecule has 0 aliphatic carbocycles. The van der Waals surface area contributed by atoms with Crippen LogP contribution in [0.1, 0.15) is 32.4 Å². The van der Waals surface area contributed by atoms with E-state index in [0.29, 0.717) is 5.69 Å². The second-order valence-corrected chi connectivity index (χ2v) is 5.86. The number of carboxylic acids is 1. The Balaban J connectivity index is 2.21. The fourth-order valence-corrected chi connectivity index (χ4v) is 3.21. The SMILES string of the molecule is Nc1nc(C(c2ccccc2)c2ccccc2)c(C(=O)O)s1. The molecule has 110 valence electrons. The van der Waals surface area contributed by atoms with E-state index in [1.54, 1.807) is 0 Å². The molecular weight excluding hydrogens is 296 g/mol. The number of thiazole rings is 1. The van der Waals surface area contributed by atoms with Crippen molar-refractivity contribution in [2.45, 2.75) is 5.92 Å². The van der Waals surface area contributed by atoms with E-state index < -0.39 is 5.97 Å². The van der Waals surface area contributed by atoms with Gasteiger partial charge >= 0.3 is 5.97 Å². The maximum Gasteiger partial charge on any atom is 0.347 e. The van der Waals surface area contributed by atoms with Crippen LogP contribution in [0.25, 0.3) is 0 Å². The lowest BCUT2D eigenvalue weighted by atomic mass is 9.88. The van der Waals surface area contributed by atoms with E-state index in [1.807, 2.05) is 60.7 Å². The van der Waals surface area contributed by atoms with Crippen molar-refractivity contribution in [1.29, 1.82) is 0 Å². The molecule has 0 amide bonds. The summed E-state index contributed by atoms with van der Waals surface area (Å²) in [6, 6.07) is 19.5. The maximum absolute atomic E-state index is 11.5. The largest absolute Gasteiger partial charge is 0.477 e. The molecule has 0 saturated carbocycles. The Morgan fingerprint density at radius 2 is 1.50 bits per heavy atom. The fraction of sp³-hybridized carbons (Fsp3) is 0.0588. The van der Waals surface area contributed by atoms with Gasteiger partial charge in [-0.15, -0.1) is 0 Å². The first-order chi connectivity index (χ1) is 10.7. The van der Waals surface area contributed by atoms with Crippen molar-refractivity contribution in [3.63, 3.8) is 0 Å². The lowest BCUT2D eigenvalue weighted by Gasteiger charge is -2.17. The molecule has 5 heteroatoms. The van der Waals surface area contributed by atoms with Crippen LogP contribution in [0.2, 0.25) is 0 Å². The normalized spacial score (nSPS) is 10.8. The highest BCUT2D eigenvalue weighted by Gasteiger charge is 2.26. The number of nitrogens with two attached hydrogens (primary N) is 1. The molecule has 0 atom stereocenters. The van der Waals surface area contributed by atoms with Gasteiger partial charge in [-0.3, -0.25) is 0 Å². The first kappa shape index (κ1) is 14.3. The van der Waals surface area contributed by atoms with Gasteiger partial charge in [0, 0.05) is 0 Å². The minimum absolute atomic E-state index is 0.190. The molecule has 0 unspecified atom stereocenters. The predicted octanol–water partition coefficient (Wildman–Crippen LogP) is 3.60. The molecule has 22 heavy (non-hydrogen) atoms. The van der Waals surface area contributed by atoms with Crippen LogP contribution in [0.3, 0.4) is 0 Å². The quantitative estimate of drug-likeness (QED) is 0.772. The Morgan fingerprint density at radius 1 is 1.00 bits per heavy atom. The van der Waals surface area contributed by atoms with Crippen LogP contribution < -0.4 is 5.73 Å². The highest BCUT2D eigenvalue weighted by atomic mass is 32.1. The van der Waals surface area contributed by atoms with E-state index in [0.717, 1.165) is 22.5 Å². The third-order valence-electron chi connectivity index (χ3n) is 3.40. The van der Waals surface area contributed by atoms with Gasteiger partial charge in [-0.2, -0.15) is 0 Å². The molecule has 0 fully saturated rings. The minimum Gasteiger partial charge on any atom is -0.477 e. The van der Waals surface area contributed by atoms with E-state index in [2.05, 4.69) is 4.98 Å². The molecule has 3 rings (SSSR count). The highest BCUT2D eigenvalue weighted by Crippen LogP contribution is 2.36. The zero-order valence-electron chi connectivity index (χ0n) is 11.6. The average molecular weight is 310 g/mol. The maximum atomic E-state index is 11.5. The van der Waals surface area contributed by atoms with Crippen molar-refractivity contribution >= 4 is 22.4 Å². The summed E-state index contributed by atoms with van der Waals surface area (Å²) >= 11 is 1.01. The van der Waals surface area contributed by atoms with Crippen molar-refractivity contribution < 1.29 is 9.90 Å². The molecule has 0 bridgehead atoms. The molecule has 0 aliphatic heterocycles. The molecule has 3 N–H and O–H groups in total. The molecule has 0 spiro atoms. The van der Waals surface area contributed by atoms with Crippen LogP contribution in [0.15, 0.2) is 60.7 Å². The molecular formula is C17H14N2O2S. The average Bonchev–Trinajstić information content (AvgIpc) is 2.92. The number of aromatic carboxylic acids is 1. The number of anilines is 1. The van der Waals surface area contributed by atoms with Gasteiger partial charge in [-0.05, 0) is 11.1 Å². The summed E-state index contributed by atoms with van der Waals surface area (Å²) < 4.78 is 0. The van der Waals surface area contributed by atoms with Gasteiger partial charge in [0.15, 0.2) is 5.13 Å². The summed E-state index contributed by atoms with van der Waals surface area (Å²) in [7, 11) is 0. The zero-order chi connectivity index (χ0) is 15.5. The van der Waals surface area contributed by atoms with E-state index in [-0.39, 0.29) is 15.9 Å². The van der Waals surface area contributed by atoms with Gasteiger partial charge < -0.3 is 10.8 Å². The van der Waals surface area contributed by atoms with E-state index in [4.69, 9.17) is 5.73 Å². The van der Waals surface area contributed by atoms with Crippen LogP contribution in [0.4, 0.5) is 5.13 Å². The smallest absolute Gasteiger partial charge is 0.347 e. The van der Waals surface area contributed by atoms with Gasteiger partial charge in [0.05, 0.1) is 11.6 Å².